The fraction of sp³-hybridized carbons (Fsp3) is 0.824. The maximum absolute atomic E-state index is 14.0. The second-order valence-electron chi connectivity index (χ2n) is 6.37. The summed E-state index contributed by atoms with van der Waals surface area (Å²) in [7, 11) is 0. The summed E-state index contributed by atoms with van der Waals surface area (Å²) in [5.41, 5.74) is 0.395. The molecule has 0 bridgehead atoms. The van der Waals surface area contributed by atoms with Crippen molar-refractivity contribution in [2.24, 2.45) is 0 Å². The highest BCUT2D eigenvalue weighted by Gasteiger charge is 2.30. The molecule has 2 nitrogen and oxygen atoms in total. The van der Waals surface area contributed by atoms with Gasteiger partial charge in [0.1, 0.15) is 4.60 Å². The zero-order valence-corrected chi connectivity index (χ0v) is 15.6. The summed E-state index contributed by atoms with van der Waals surface area (Å²) in [6.07, 6.45) is 10.8. The quantitative estimate of drug-likeness (QED) is 0.444. The van der Waals surface area contributed by atoms with E-state index >= 15 is 0 Å². The summed E-state index contributed by atoms with van der Waals surface area (Å²) in [6, 6.07) is 0. The first-order valence-corrected chi connectivity index (χ1v) is 9.16. The largest absolute Gasteiger partial charge is 0.249 e. The summed E-state index contributed by atoms with van der Waals surface area (Å²) in [5.74, 6) is -0.219. The van der Waals surface area contributed by atoms with Crippen LogP contribution in [0, 0.1) is 12.7 Å². The average molecular weight is 361 g/mol. The van der Waals surface area contributed by atoms with Crippen LogP contribution in [0.5, 0.6) is 0 Å². The third-order valence-corrected chi connectivity index (χ3v) is 5.02. The first-order valence-electron chi connectivity index (χ1n) is 8.37. The second kappa shape index (κ2) is 8.92. The Balaban J connectivity index is 2.79. The molecule has 1 atom stereocenters. The molecule has 0 saturated heterocycles. The van der Waals surface area contributed by atoms with Crippen LogP contribution in [-0.4, -0.2) is 9.78 Å². The molecule has 0 aliphatic carbocycles. The van der Waals surface area contributed by atoms with Crippen molar-refractivity contribution in [3.63, 3.8) is 0 Å². The van der Waals surface area contributed by atoms with Crippen molar-refractivity contribution in [1.29, 1.82) is 0 Å². The van der Waals surface area contributed by atoms with Gasteiger partial charge in [0.15, 0.2) is 5.82 Å². The molecule has 0 aliphatic rings. The van der Waals surface area contributed by atoms with Gasteiger partial charge in [-0.1, -0.05) is 58.8 Å². The highest BCUT2D eigenvalue weighted by molar-refractivity contribution is 9.10. The summed E-state index contributed by atoms with van der Waals surface area (Å²) in [6.45, 7) is 8.39. The molecule has 0 amide bonds. The molecule has 0 aliphatic heterocycles. The van der Waals surface area contributed by atoms with Gasteiger partial charge in [0.25, 0.3) is 0 Å². The lowest BCUT2D eigenvalue weighted by molar-refractivity contribution is 0.223. The van der Waals surface area contributed by atoms with Crippen molar-refractivity contribution in [2.45, 2.75) is 91.0 Å². The number of aryl methyl sites for hydroxylation is 1. The maximum Gasteiger partial charge on any atom is 0.178 e. The SMILES string of the molecule is CCCCCCCC(C)(CCCC)n1nc(C)c(F)c1Br. The summed E-state index contributed by atoms with van der Waals surface area (Å²) >= 11 is 3.39. The molecule has 0 radical (unpaired) electrons. The lowest BCUT2D eigenvalue weighted by atomic mass is 9.88. The van der Waals surface area contributed by atoms with E-state index in [1.807, 2.05) is 4.68 Å². The molecular formula is C17H30BrFN2. The first kappa shape index (κ1) is 18.7. The predicted octanol–water partition coefficient (Wildman–Crippen LogP) is 6.36. The number of unbranched alkanes of at least 4 members (excludes halogenated alkanes) is 5. The molecule has 1 heterocycles. The van der Waals surface area contributed by atoms with Crippen molar-refractivity contribution in [3.05, 3.63) is 16.1 Å². The van der Waals surface area contributed by atoms with Crippen molar-refractivity contribution in [1.82, 2.24) is 9.78 Å². The van der Waals surface area contributed by atoms with Crippen LogP contribution in [0.3, 0.4) is 0 Å². The van der Waals surface area contributed by atoms with Crippen LogP contribution < -0.4 is 0 Å². The number of halogens is 2. The molecule has 1 unspecified atom stereocenters. The van der Waals surface area contributed by atoms with Crippen LogP contribution in [0.15, 0.2) is 4.60 Å². The Morgan fingerprint density at radius 1 is 1.05 bits per heavy atom. The van der Waals surface area contributed by atoms with E-state index in [-0.39, 0.29) is 11.4 Å². The summed E-state index contributed by atoms with van der Waals surface area (Å²) in [5, 5.41) is 4.44. The van der Waals surface area contributed by atoms with Crippen LogP contribution in [0.1, 0.15) is 84.3 Å². The van der Waals surface area contributed by atoms with Gasteiger partial charge in [-0.2, -0.15) is 5.10 Å². The fourth-order valence-corrected chi connectivity index (χ4v) is 3.64. The third kappa shape index (κ3) is 5.08. The van der Waals surface area contributed by atoms with Gasteiger partial charge in [0, 0.05) is 0 Å². The number of hydrogen-bond acceptors (Lipinski definition) is 1. The third-order valence-electron chi connectivity index (χ3n) is 4.33. The number of rotatable bonds is 10. The molecule has 0 aromatic carbocycles. The first-order chi connectivity index (χ1) is 9.96. The normalized spacial score (nSPS) is 14.4. The van der Waals surface area contributed by atoms with Crippen LogP contribution in [0.25, 0.3) is 0 Å². The number of nitrogens with zero attached hydrogens (tertiary/aromatic N) is 2. The number of aromatic nitrogens is 2. The van der Waals surface area contributed by atoms with Crippen molar-refractivity contribution < 1.29 is 4.39 Å². The van der Waals surface area contributed by atoms with Gasteiger partial charge in [0.05, 0.1) is 11.2 Å². The van der Waals surface area contributed by atoms with Crippen LogP contribution in [-0.2, 0) is 5.54 Å². The minimum atomic E-state index is -0.219. The Hall–Kier alpha value is -0.380. The monoisotopic (exact) mass is 360 g/mol. The van der Waals surface area contributed by atoms with Gasteiger partial charge in [-0.25, -0.2) is 9.07 Å². The highest BCUT2D eigenvalue weighted by Crippen LogP contribution is 2.34. The van der Waals surface area contributed by atoms with E-state index < -0.39 is 0 Å². The van der Waals surface area contributed by atoms with E-state index in [2.05, 4.69) is 41.8 Å². The summed E-state index contributed by atoms with van der Waals surface area (Å²) < 4.78 is 16.4. The molecule has 1 rings (SSSR count). The van der Waals surface area contributed by atoms with Crippen LogP contribution in [0.4, 0.5) is 4.39 Å². The maximum atomic E-state index is 14.0. The molecule has 21 heavy (non-hydrogen) atoms. The fourth-order valence-electron chi connectivity index (χ4n) is 2.84. The van der Waals surface area contributed by atoms with Gasteiger partial charge >= 0.3 is 0 Å². The second-order valence-corrected chi connectivity index (χ2v) is 7.12. The standard InChI is InChI=1S/C17H30BrFN2/c1-5-7-9-10-11-13-17(4,12-8-6-2)21-16(18)15(19)14(3)20-21/h5-13H2,1-4H3. The Morgan fingerprint density at radius 3 is 2.14 bits per heavy atom. The minimum Gasteiger partial charge on any atom is -0.249 e. The molecule has 0 N–H and O–H groups in total. The van der Waals surface area contributed by atoms with Gasteiger partial charge in [-0.15, -0.1) is 0 Å². The predicted molar refractivity (Wildman–Crippen MR) is 91.2 cm³/mol. The molecule has 1 aromatic heterocycles. The lowest BCUT2D eigenvalue weighted by Gasteiger charge is -2.31. The molecule has 1 aromatic rings. The van der Waals surface area contributed by atoms with E-state index in [0.717, 1.165) is 25.7 Å². The topological polar surface area (TPSA) is 17.8 Å². The molecular weight excluding hydrogens is 331 g/mol. The molecule has 0 saturated carbocycles. The van der Waals surface area contributed by atoms with Gasteiger partial charge in [0.2, 0.25) is 0 Å². The van der Waals surface area contributed by atoms with E-state index in [1.54, 1.807) is 6.92 Å². The molecule has 122 valence electrons. The summed E-state index contributed by atoms with van der Waals surface area (Å²) in [4.78, 5) is 0. The van der Waals surface area contributed by atoms with E-state index in [1.165, 1.54) is 32.1 Å². The van der Waals surface area contributed by atoms with E-state index in [0.29, 0.717) is 10.3 Å². The molecule has 0 fully saturated rings. The Morgan fingerprint density at radius 2 is 1.62 bits per heavy atom. The lowest BCUT2D eigenvalue weighted by Crippen LogP contribution is -2.31. The zero-order valence-electron chi connectivity index (χ0n) is 14.0. The van der Waals surface area contributed by atoms with E-state index in [4.69, 9.17) is 0 Å². The van der Waals surface area contributed by atoms with Crippen molar-refractivity contribution in [3.8, 4) is 0 Å². The Labute approximate surface area is 137 Å². The van der Waals surface area contributed by atoms with Crippen LogP contribution in [0.2, 0.25) is 0 Å². The van der Waals surface area contributed by atoms with Gasteiger partial charge in [-0.3, -0.25) is 0 Å². The van der Waals surface area contributed by atoms with Gasteiger partial charge in [-0.05, 0) is 42.6 Å². The molecule has 4 heteroatoms. The van der Waals surface area contributed by atoms with Crippen LogP contribution >= 0.6 is 15.9 Å². The Kier molecular flexibility index (Phi) is 7.93. The smallest absolute Gasteiger partial charge is 0.178 e. The van der Waals surface area contributed by atoms with E-state index in [9.17, 15) is 4.39 Å². The van der Waals surface area contributed by atoms with Crippen molar-refractivity contribution in [2.75, 3.05) is 0 Å². The zero-order chi connectivity index (χ0) is 15.9. The van der Waals surface area contributed by atoms with Crippen molar-refractivity contribution >= 4 is 15.9 Å². The van der Waals surface area contributed by atoms with Gasteiger partial charge < -0.3 is 0 Å². The average Bonchev–Trinajstić information content (AvgIpc) is 2.73. The number of hydrogen-bond donors (Lipinski definition) is 0. The molecule has 0 spiro atoms. The Bertz CT molecular complexity index is 431. The minimum absolute atomic E-state index is 0.0871. The highest BCUT2D eigenvalue weighted by atomic mass is 79.9.